The van der Waals surface area contributed by atoms with Crippen molar-refractivity contribution < 1.29 is 9.18 Å². The Balaban J connectivity index is 1.81. The normalized spacial score (nSPS) is 23.4. The predicted octanol–water partition coefficient (Wildman–Crippen LogP) is 2.75. The van der Waals surface area contributed by atoms with Gasteiger partial charge >= 0.3 is 0 Å². The van der Waals surface area contributed by atoms with Crippen molar-refractivity contribution in [3.8, 4) is 0 Å². The Labute approximate surface area is 154 Å². The van der Waals surface area contributed by atoms with Crippen LogP contribution in [0.3, 0.4) is 0 Å². The lowest BCUT2D eigenvalue weighted by molar-refractivity contribution is -0.134. The average Bonchev–Trinajstić information content (AvgIpc) is 3.24. The lowest BCUT2D eigenvalue weighted by atomic mass is 9.88. The maximum absolute atomic E-state index is 13.3. The molecular weight excluding hydrogens is 337 g/mol. The molecule has 2 unspecified atom stereocenters. The maximum atomic E-state index is 13.3. The van der Waals surface area contributed by atoms with E-state index in [-0.39, 0.29) is 29.6 Å². The Morgan fingerprint density at radius 3 is 2.40 bits per heavy atom. The van der Waals surface area contributed by atoms with Crippen LogP contribution in [0.2, 0.25) is 0 Å². The molecule has 2 aliphatic rings. The zero-order valence-corrected chi connectivity index (χ0v) is 15.7. The second-order valence-corrected chi connectivity index (χ2v) is 7.69. The minimum absolute atomic E-state index is 0.0422. The number of carbonyl (C=O) groups is 1. The molecule has 2 aliphatic heterocycles. The van der Waals surface area contributed by atoms with Gasteiger partial charge in [0.2, 0.25) is 5.91 Å². The average molecular weight is 364 g/mol. The number of halogens is 1. The van der Waals surface area contributed by atoms with E-state index in [4.69, 9.17) is 12.2 Å². The van der Waals surface area contributed by atoms with Crippen molar-refractivity contribution in [2.45, 2.75) is 38.6 Å². The van der Waals surface area contributed by atoms with Gasteiger partial charge in [-0.15, -0.1) is 0 Å². The molecule has 1 aromatic carbocycles. The zero-order valence-electron chi connectivity index (χ0n) is 14.9. The van der Waals surface area contributed by atoms with Crippen molar-refractivity contribution >= 4 is 23.2 Å². The molecule has 6 heteroatoms. The molecule has 0 saturated carbocycles. The first-order valence-corrected chi connectivity index (χ1v) is 9.46. The summed E-state index contributed by atoms with van der Waals surface area (Å²) in [6.45, 7) is 7.10. The fourth-order valence-corrected chi connectivity index (χ4v) is 4.16. The van der Waals surface area contributed by atoms with Gasteiger partial charge < -0.3 is 15.1 Å². The SMILES string of the molecule is CC(C)NC(=S)N1CC(C(=O)N2CCCC2)C(c2ccc(F)cc2)C1. The molecule has 2 fully saturated rings. The van der Waals surface area contributed by atoms with Gasteiger partial charge in [0.1, 0.15) is 5.82 Å². The van der Waals surface area contributed by atoms with Gasteiger partial charge in [-0.25, -0.2) is 4.39 Å². The Hall–Kier alpha value is -1.69. The number of rotatable bonds is 3. The van der Waals surface area contributed by atoms with Crippen LogP contribution < -0.4 is 5.32 Å². The summed E-state index contributed by atoms with van der Waals surface area (Å²) in [5, 5.41) is 3.96. The van der Waals surface area contributed by atoms with E-state index in [0.29, 0.717) is 18.2 Å². The highest BCUT2D eigenvalue weighted by Crippen LogP contribution is 2.35. The van der Waals surface area contributed by atoms with Gasteiger partial charge in [-0.05, 0) is 56.6 Å². The molecule has 0 radical (unpaired) electrons. The molecule has 1 amide bonds. The lowest BCUT2D eigenvalue weighted by Gasteiger charge is -2.24. The molecular formula is C19H26FN3OS. The Kier molecular flexibility index (Phi) is 5.57. The molecule has 2 heterocycles. The molecule has 0 aromatic heterocycles. The fraction of sp³-hybridized carbons (Fsp3) is 0.579. The summed E-state index contributed by atoms with van der Waals surface area (Å²) in [4.78, 5) is 17.1. The van der Waals surface area contributed by atoms with Gasteiger partial charge in [0.15, 0.2) is 5.11 Å². The fourth-order valence-electron chi connectivity index (χ4n) is 3.78. The minimum Gasteiger partial charge on any atom is -0.360 e. The van der Waals surface area contributed by atoms with Crippen LogP contribution in [0, 0.1) is 11.7 Å². The first-order valence-electron chi connectivity index (χ1n) is 9.05. The van der Waals surface area contributed by atoms with Crippen molar-refractivity contribution in [2.75, 3.05) is 26.2 Å². The molecule has 0 spiro atoms. The summed E-state index contributed by atoms with van der Waals surface area (Å²) < 4.78 is 13.3. The van der Waals surface area contributed by atoms with Crippen LogP contribution in [0.1, 0.15) is 38.2 Å². The second-order valence-electron chi connectivity index (χ2n) is 7.31. The van der Waals surface area contributed by atoms with Crippen molar-refractivity contribution in [2.24, 2.45) is 5.92 Å². The summed E-state index contributed by atoms with van der Waals surface area (Å²) in [5.41, 5.74) is 1.01. The quantitative estimate of drug-likeness (QED) is 0.838. The summed E-state index contributed by atoms with van der Waals surface area (Å²) in [6.07, 6.45) is 2.16. The third kappa shape index (κ3) is 4.11. The largest absolute Gasteiger partial charge is 0.360 e. The molecule has 3 rings (SSSR count). The number of amides is 1. The van der Waals surface area contributed by atoms with Crippen molar-refractivity contribution in [3.05, 3.63) is 35.6 Å². The molecule has 1 aromatic rings. The standard InChI is InChI=1S/C19H26FN3OS/c1-13(2)21-19(25)23-11-16(14-5-7-15(20)8-6-14)17(12-23)18(24)22-9-3-4-10-22/h5-8,13,16-17H,3-4,9-12H2,1-2H3,(H,21,25). The van der Waals surface area contributed by atoms with Crippen LogP contribution in [0.15, 0.2) is 24.3 Å². The third-order valence-corrected chi connectivity index (χ3v) is 5.43. The van der Waals surface area contributed by atoms with Gasteiger partial charge in [-0.1, -0.05) is 12.1 Å². The molecule has 0 bridgehead atoms. The van der Waals surface area contributed by atoms with E-state index in [0.717, 1.165) is 31.5 Å². The number of likely N-dealkylation sites (tertiary alicyclic amines) is 2. The van der Waals surface area contributed by atoms with Gasteiger partial charge in [0.05, 0.1) is 5.92 Å². The lowest BCUT2D eigenvalue weighted by Crippen LogP contribution is -2.42. The maximum Gasteiger partial charge on any atom is 0.228 e. The first-order chi connectivity index (χ1) is 12.0. The zero-order chi connectivity index (χ0) is 18.0. The van der Waals surface area contributed by atoms with Crippen LogP contribution in [0.4, 0.5) is 4.39 Å². The number of benzene rings is 1. The molecule has 2 saturated heterocycles. The van der Waals surface area contributed by atoms with E-state index < -0.39 is 0 Å². The summed E-state index contributed by atoms with van der Waals surface area (Å²) in [7, 11) is 0. The number of hydrogen-bond donors (Lipinski definition) is 1. The van der Waals surface area contributed by atoms with Crippen LogP contribution in [-0.2, 0) is 4.79 Å². The molecule has 0 aliphatic carbocycles. The monoisotopic (exact) mass is 363 g/mol. The Morgan fingerprint density at radius 1 is 1.16 bits per heavy atom. The number of hydrogen-bond acceptors (Lipinski definition) is 2. The third-order valence-electron chi connectivity index (χ3n) is 5.05. The van der Waals surface area contributed by atoms with E-state index in [1.807, 2.05) is 18.7 Å². The van der Waals surface area contributed by atoms with E-state index >= 15 is 0 Å². The number of nitrogens with zero attached hydrogens (tertiary/aromatic N) is 2. The molecule has 25 heavy (non-hydrogen) atoms. The topological polar surface area (TPSA) is 35.6 Å². The molecule has 2 atom stereocenters. The molecule has 1 N–H and O–H groups in total. The van der Waals surface area contributed by atoms with Crippen LogP contribution in [0.25, 0.3) is 0 Å². The highest BCUT2D eigenvalue weighted by atomic mass is 32.1. The number of carbonyl (C=O) groups excluding carboxylic acids is 1. The highest BCUT2D eigenvalue weighted by Gasteiger charge is 2.41. The van der Waals surface area contributed by atoms with Gasteiger partial charge in [-0.3, -0.25) is 4.79 Å². The van der Waals surface area contributed by atoms with Crippen LogP contribution >= 0.6 is 12.2 Å². The van der Waals surface area contributed by atoms with Gasteiger partial charge in [-0.2, -0.15) is 0 Å². The number of nitrogens with one attached hydrogen (secondary N) is 1. The summed E-state index contributed by atoms with van der Waals surface area (Å²) in [5.74, 6) is -0.129. The van der Waals surface area contributed by atoms with E-state index in [1.54, 1.807) is 12.1 Å². The van der Waals surface area contributed by atoms with Gasteiger partial charge in [0.25, 0.3) is 0 Å². The van der Waals surface area contributed by atoms with Crippen molar-refractivity contribution in [3.63, 3.8) is 0 Å². The summed E-state index contributed by atoms with van der Waals surface area (Å²) in [6, 6.07) is 6.80. The first kappa shape index (κ1) is 18.1. The van der Waals surface area contributed by atoms with Crippen molar-refractivity contribution in [1.82, 2.24) is 15.1 Å². The second kappa shape index (κ2) is 7.68. The highest BCUT2D eigenvalue weighted by molar-refractivity contribution is 7.80. The predicted molar refractivity (Wildman–Crippen MR) is 101 cm³/mol. The van der Waals surface area contributed by atoms with Crippen LogP contribution in [-0.4, -0.2) is 53.0 Å². The van der Waals surface area contributed by atoms with E-state index in [9.17, 15) is 9.18 Å². The van der Waals surface area contributed by atoms with Gasteiger partial charge in [0, 0.05) is 38.1 Å². The summed E-state index contributed by atoms with van der Waals surface area (Å²) >= 11 is 5.52. The van der Waals surface area contributed by atoms with E-state index in [2.05, 4.69) is 10.2 Å². The Bertz CT molecular complexity index is 628. The Morgan fingerprint density at radius 2 is 1.80 bits per heavy atom. The van der Waals surface area contributed by atoms with Crippen LogP contribution in [0.5, 0.6) is 0 Å². The smallest absolute Gasteiger partial charge is 0.228 e. The van der Waals surface area contributed by atoms with Crippen molar-refractivity contribution in [1.29, 1.82) is 0 Å². The minimum atomic E-state index is -0.252. The molecule has 4 nitrogen and oxygen atoms in total. The molecule has 136 valence electrons. The number of thiocarbonyl (C=S) groups is 1. The van der Waals surface area contributed by atoms with E-state index in [1.165, 1.54) is 12.1 Å².